The van der Waals surface area contributed by atoms with E-state index >= 15 is 0 Å². The first-order valence-electron chi connectivity index (χ1n) is 7.19. The summed E-state index contributed by atoms with van der Waals surface area (Å²) >= 11 is 12.0. The summed E-state index contributed by atoms with van der Waals surface area (Å²) in [6.45, 7) is 3.93. The van der Waals surface area contributed by atoms with Gasteiger partial charge in [0.25, 0.3) is 5.91 Å². The molecule has 0 saturated carbocycles. The minimum atomic E-state index is -0.474. The van der Waals surface area contributed by atoms with Crippen molar-refractivity contribution in [2.75, 3.05) is 50.9 Å². The molecule has 2 aliphatic heterocycles. The van der Waals surface area contributed by atoms with E-state index in [-0.39, 0.29) is 5.91 Å². The highest BCUT2D eigenvalue weighted by Gasteiger charge is 2.30. The van der Waals surface area contributed by atoms with E-state index in [1.807, 2.05) is 0 Å². The van der Waals surface area contributed by atoms with Crippen LogP contribution in [-0.4, -0.2) is 67.9 Å². The predicted octanol–water partition coefficient (Wildman–Crippen LogP) is 1.45. The lowest BCUT2D eigenvalue weighted by Crippen LogP contribution is -2.53. The molecule has 1 aromatic rings. The first-order valence-corrected chi connectivity index (χ1v) is 7.95. The highest BCUT2D eigenvalue weighted by molar-refractivity contribution is 6.36. The van der Waals surface area contributed by atoms with Crippen molar-refractivity contribution in [3.63, 3.8) is 0 Å². The van der Waals surface area contributed by atoms with E-state index in [2.05, 4.69) is 9.88 Å². The number of amides is 1. The lowest BCUT2D eigenvalue weighted by Gasteiger charge is -2.37. The van der Waals surface area contributed by atoms with E-state index < -0.39 is 6.10 Å². The molecule has 0 aromatic carbocycles. The van der Waals surface area contributed by atoms with Crippen molar-refractivity contribution in [2.24, 2.45) is 0 Å². The zero-order valence-electron chi connectivity index (χ0n) is 12.0. The van der Waals surface area contributed by atoms with Crippen molar-refractivity contribution in [3.8, 4) is 0 Å². The molecule has 0 spiro atoms. The van der Waals surface area contributed by atoms with Gasteiger partial charge in [0.05, 0.1) is 29.9 Å². The molecule has 3 rings (SSSR count). The van der Waals surface area contributed by atoms with E-state index in [0.29, 0.717) is 61.9 Å². The normalized spacial score (nSPS) is 22.7. The van der Waals surface area contributed by atoms with Gasteiger partial charge in [0.1, 0.15) is 5.82 Å². The number of hydrogen-bond donors (Lipinski definition) is 0. The molecular weight excluding hydrogens is 329 g/mol. The Morgan fingerprint density at radius 3 is 2.64 bits per heavy atom. The van der Waals surface area contributed by atoms with E-state index in [1.54, 1.807) is 17.2 Å². The van der Waals surface area contributed by atoms with Gasteiger partial charge in [-0.15, -0.1) is 0 Å². The molecule has 1 aromatic heterocycles. The van der Waals surface area contributed by atoms with E-state index in [4.69, 9.17) is 32.7 Å². The zero-order valence-corrected chi connectivity index (χ0v) is 13.5. The molecular formula is C14H17Cl2N3O3. The fourth-order valence-corrected chi connectivity index (χ4v) is 3.11. The van der Waals surface area contributed by atoms with Gasteiger partial charge in [-0.3, -0.25) is 4.79 Å². The van der Waals surface area contributed by atoms with Gasteiger partial charge in [-0.05, 0) is 6.07 Å². The number of halogens is 2. The first kappa shape index (κ1) is 15.8. The van der Waals surface area contributed by atoms with Crippen LogP contribution in [-0.2, 0) is 14.3 Å². The summed E-state index contributed by atoms with van der Waals surface area (Å²) < 4.78 is 10.7. The van der Waals surface area contributed by atoms with Gasteiger partial charge in [0.15, 0.2) is 6.10 Å². The molecule has 6 nitrogen and oxygen atoms in total. The zero-order chi connectivity index (χ0) is 15.5. The number of hydrogen-bond acceptors (Lipinski definition) is 5. The Morgan fingerprint density at radius 2 is 2.00 bits per heavy atom. The number of carbonyl (C=O) groups excluding carboxylic acids is 1. The standard InChI is InChI=1S/C14H17Cl2N3O3/c15-10-7-11(16)13(17-8-10)18-1-3-19(4-2-18)14(20)12-9-21-5-6-22-12/h7-8,12H,1-6,9H2/t12-/m1/s1. The maximum absolute atomic E-state index is 12.4. The molecule has 1 atom stereocenters. The van der Waals surface area contributed by atoms with Crippen molar-refractivity contribution in [1.82, 2.24) is 9.88 Å². The van der Waals surface area contributed by atoms with E-state index in [1.165, 1.54) is 0 Å². The number of rotatable bonds is 2. The van der Waals surface area contributed by atoms with Crippen LogP contribution in [0.25, 0.3) is 0 Å². The Labute approximate surface area is 138 Å². The smallest absolute Gasteiger partial charge is 0.254 e. The largest absolute Gasteiger partial charge is 0.376 e. The third-order valence-electron chi connectivity index (χ3n) is 3.77. The van der Waals surface area contributed by atoms with Crippen LogP contribution in [0.3, 0.4) is 0 Å². The summed E-state index contributed by atoms with van der Waals surface area (Å²) in [5.41, 5.74) is 0. The summed E-state index contributed by atoms with van der Waals surface area (Å²) in [4.78, 5) is 20.5. The number of nitrogens with zero attached hydrogens (tertiary/aromatic N) is 3. The number of piperazine rings is 1. The quantitative estimate of drug-likeness (QED) is 0.812. The van der Waals surface area contributed by atoms with Gasteiger partial charge < -0.3 is 19.3 Å². The van der Waals surface area contributed by atoms with Crippen LogP contribution in [0.5, 0.6) is 0 Å². The Kier molecular flexibility index (Phi) is 5.03. The number of anilines is 1. The lowest BCUT2D eigenvalue weighted by molar-refractivity contribution is -0.158. The molecule has 3 heterocycles. The van der Waals surface area contributed by atoms with Gasteiger partial charge >= 0.3 is 0 Å². The monoisotopic (exact) mass is 345 g/mol. The Hall–Kier alpha value is -1.08. The summed E-state index contributed by atoms with van der Waals surface area (Å²) in [7, 11) is 0. The second kappa shape index (κ2) is 7.00. The van der Waals surface area contributed by atoms with Crippen molar-refractivity contribution in [3.05, 3.63) is 22.3 Å². The number of ether oxygens (including phenoxy) is 2. The van der Waals surface area contributed by atoms with Gasteiger partial charge in [-0.1, -0.05) is 23.2 Å². The number of pyridine rings is 1. The Balaban J connectivity index is 1.59. The van der Waals surface area contributed by atoms with Crippen LogP contribution in [0, 0.1) is 0 Å². The van der Waals surface area contributed by atoms with Crippen LogP contribution >= 0.6 is 23.2 Å². The van der Waals surface area contributed by atoms with Crippen LogP contribution < -0.4 is 4.90 Å². The summed E-state index contributed by atoms with van der Waals surface area (Å²) in [6.07, 6.45) is 1.10. The van der Waals surface area contributed by atoms with Gasteiger partial charge in [-0.25, -0.2) is 4.98 Å². The Morgan fingerprint density at radius 1 is 1.23 bits per heavy atom. The third-order valence-corrected chi connectivity index (χ3v) is 4.26. The van der Waals surface area contributed by atoms with Crippen LogP contribution in [0.1, 0.15) is 0 Å². The van der Waals surface area contributed by atoms with E-state index in [9.17, 15) is 4.79 Å². The molecule has 22 heavy (non-hydrogen) atoms. The van der Waals surface area contributed by atoms with Gasteiger partial charge in [-0.2, -0.15) is 0 Å². The summed E-state index contributed by atoms with van der Waals surface area (Å²) in [5, 5.41) is 1.04. The molecule has 8 heteroatoms. The SMILES string of the molecule is O=C([C@H]1COCCO1)N1CCN(c2ncc(Cl)cc2Cl)CC1. The van der Waals surface area contributed by atoms with Gasteiger partial charge in [0, 0.05) is 32.4 Å². The van der Waals surface area contributed by atoms with Crippen molar-refractivity contribution >= 4 is 34.9 Å². The Bertz CT molecular complexity index is 544. The topological polar surface area (TPSA) is 54.9 Å². The number of aromatic nitrogens is 1. The molecule has 0 radical (unpaired) electrons. The maximum atomic E-state index is 12.4. The lowest BCUT2D eigenvalue weighted by atomic mass is 10.2. The minimum absolute atomic E-state index is 0.00508. The predicted molar refractivity (Wildman–Crippen MR) is 83.6 cm³/mol. The maximum Gasteiger partial charge on any atom is 0.254 e. The van der Waals surface area contributed by atoms with Crippen LogP contribution in [0.15, 0.2) is 12.3 Å². The molecule has 0 N–H and O–H groups in total. The second-order valence-electron chi connectivity index (χ2n) is 5.21. The van der Waals surface area contributed by atoms with Gasteiger partial charge in [0.2, 0.25) is 0 Å². The minimum Gasteiger partial charge on any atom is -0.376 e. The second-order valence-corrected chi connectivity index (χ2v) is 6.05. The molecule has 2 saturated heterocycles. The molecule has 2 aliphatic rings. The first-order chi connectivity index (χ1) is 10.6. The molecule has 120 valence electrons. The molecule has 1 amide bonds. The third kappa shape index (κ3) is 3.46. The fourth-order valence-electron chi connectivity index (χ4n) is 2.61. The van der Waals surface area contributed by atoms with Crippen LogP contribution in [0.4, 0.5) is 5.82 Å². The van der Waals surface area contributed by atoms with Crippen molar-refractivity contribution < 1.29 is 14.3 Å². The fraction of sp³-hybridized carbons (Fsp3) is 0.571. The highest BCUT2D eigenvalue weighted by Crippen LogP contribution is 2.26. The number of carbonyl (C=O) groups is 1. The van der Waals surface area contributed by atoms with Crippen molar-refractivity contribution in [1.29, 1.82) is 0 Å². The molecule has 2 fully saturated rings. The molecule has 0 bridgehead atoms. The summed E-state index contributed by atoms with van der Waals surface area (Å²) in [5.74, 6) is 0.699. The summed E-state index contributed by atoms with van der Waals surface area (Å²) in [6, 6.07) is 1.68. The average molecular weight is 346 g/mol. The van der Waals surface area contributed by atoms with Crippen molar-refractivity contribution in [2.45, 2.75) is 6.10 Å². The van der Waals surface area contributed by atoms with Crippen LogP contribution in [0.2, 0.25) is 10.0 Å². The molecule has 0 unspecified atom stereocenters. The molecule has 0 aliphatic carbocycles. The highest BCUT2D eigenvalue weighted by atomic mass is 35.5. The van der Waals surface area contributed by atoms with E-state index in [0.717, 1.165) is 0 Å². The average Bonchev–Trinajstić information content (AvgIpc) is 2.55.